The van der Waals surface area contributed by atoms with Gasteiger partial charge >= 0.3 is 0 Å². The van der Waals surface area contributed by atoms with Gasteiger partial charge in [-0.3, -0.25) is 4.79 Å². The summed E-state index contributed by atoms with van der Waals surface area (Å²) in [5.74, 6) is 0.0281. The van der Waals surface area contributed by atoms with Crippen molar-refractivity contribution in [2.24, 2.45) is 0 Å². The van der Waals surface area contributed by atoms with Gasteiger partial charge in [0.2, 0.25) is 11.0 Å². The van der Waals surface area contributed by atoms with Crippen LogP contribution < -0.4 is 10.6 Å². The molecule has 1 heterocycles. The summed E-state index contributed by atoms with van der Waals surface area (Å²) in [5.41, 5.74) is 0. The van der Waals surface area contributed by atoms with Gasteiger partial charge in [0.25, 0.3) is 0 Å². The molecule has 76 valence electrons. The van der Waals surface area contributed by atoms with Crippen molar-refractivity contribution in [3.8, 4) is 0 Å². The molecular formula is C8H12N4OS. The Morgan fingerprint density at radius 1 is 1.57 bits per heavy atom. The summed E-state index contributed by atoms with van der Waals surface area (Å²) < 4.78 is 0. The zero-order valence-electron chi connectivity index (χ0n) is 7.91. The highest BCUT2D eigenvalue weighted by molar-refractivity contribution is 7.15. The van der Waals surface area contributed by atoms with Gasteiger partial charge in [-0.1, -0.05) is 11.3 Å². The Bertz CT molecular complexity index is 334. The van der Waals surface area contributed by atoms with Crippen molar-refractivity contribution in [1.29, 1.82) is 0 Å². The van der Waals surface area contributed by atoms with E-state index in [-0.39, 0.29) is 12.5 Å². The van der Waals surface area contributed by atoms with Crippen LogP contribution >= 0.6 is 11.3 Å². The lowest BCUT2D eigenvalue weighted by atomic mass is 10.5. The molecule has 0 spiro atoms. The van der Waals surface area contributed by atoms with E-state index in [1.54, 1.807) is 0 Å². The number of rotatable bonds is 4. The van der Waals surface area contributed by atoms with E-state index in [9.17, 15) is 4.79 Å². The van der Waals surface area contributed by atoms with Crippen LogP contribution in [0.25, 0.3) is 0 Å². The Labute approximate surface area is 85.9 Å². The smallest absolute Gasteiger partial charge is 0.239 e. The number of nitrogens with one attached hydrogen (secondary N) is 2. The van der Waals surface area contributed by atoms with E-state index in [4.69, 9.17) is 0 Å². The first-order valence-electron chi connectivity index (χ1n) is 4.57. The Balaban J connectivity index is 1.73. The van der Waals surface area contributed by atoms with Gasteiger partial charge in [0.05, 0.1) is 6.54 Å². The van der Waals surface area contributed by atoms with Crippen LogP contribution in [0.15, 0.2) is 0 Å². The van der Waals surface area contributed by atoms with Crippen LogP contribution in [0, 0.1) is 6.92 Å². The van der Waals surface area contributed by atoms with Crippen molar-refractivity contribution < 1.29 is 4.79 Å². The number of anilines is 1. The average molecular weight is 212 g/mol. The maximum atomic E-state index is 11.3. The SMILES string of the molecule is Cc1nnc(NCC(=O)NC2CC2)s1. The predicted molar refractivity (Wildman–Crippen MR) is 54.3 cm³/mol. The molecule has 1 saturated carbocycles. The molecule has 0 atom stereocenters. The number of aromatic nitrogens is 2. The van der Waals surface area contributed by atoms with Crippen LogP contribution in [0.2, 0.25) is 0 Å². The van der Waals surface area contributed by atoms with Crippen molar-refractivity contribution >= 4 is 22.4 Å². The highest BCUT2D eigenvalue weighted by Gasteiger charge is 2.22. The molecule has 1 fully saturated rings. The maximum absolute atomic E-state index is 11.3. The quantitative estimate of drug-likeness (QED) is 0.764. The van der Waals surface area contributed by atoms with Gasteiger partial charge in [-0.15, -0.1) is 10.2 Å². The van der Waals surface area contributed by atoms with E-state index < -0.39 is 0 Å². The van der Waals surface area contributed by atoms with Gasteiger partial charge in [-0.2, -0.15) is 0 Å². The molecule has 0 bridgehead atoms. The molecule has 2 N–H and O–H groups in total. The number of nitrogens with zero attached hydrogens (tertiary/aromatic N) is 2. The molecule has 5 nitrogen and oxygen atoms in total. The van der Waals surface area contributed by atoms with Gasteiger partial charge in [0, 0.05) is 6.04 Å². The lowest BCUT2D eigenvalue weighted by molar-refractivity contribution is -0.119. The summed E-state index contributed by atoms with van der Waals surface area (Å²) in [7, 11) is 0. The zero-order chi connectivity index (χ0) is 9.97. The summed E-state index contributed by atoms with van der Waals surface area (Å²) in [6.45, 7) is 2.16. The van der Waals surface area contributed by atoms with E-state index in [2.05, 4.69) is 20.8 Å². The highest BCUT2D eigenvalue weighted by atomic mass is 32.1. The minimum absolute atomic E-state index is 0.0281. The molecule has 0 unspecified atom stereocenters. The summed E-state index contributed by atoms with van der Waals surface area (Å²) in [6.07, 6.45) is 2.23. The molecule has 1 aromatic rings. The minimum Gasteiger partial charge on any atom is -0.352 e. The van der Waals surface area contributed by atoms with E-state index in [1.807, 2.05) is 6.92 Å². The summed E-state index contributed by atoms with van der Waals surface area (Å²) in [5, 5.41) is 15.1. The van der Waals surface area contributed by atoms with Crippen molar-refractivity contribution in [2.45, 2.75) is 25.8 Å². The fourth-order valence-corrected chi connectivity index (χ4v) is 1.62. The van der Waals surface area contributed by atoms with Crippen LogP contribution in [0.5, 0.6) is 0 Å². The number of carbonyl (C=O) groups excluding carboxylic acids is 1. The summed E-state index contributed by atoms with van der Waals surface area (Å²) >= 11 is 1.45. The predicted octanol–water partition coefficient (Wildman–Crippen LogP) is 0.537. The van der Waals surface area contributed by atoms with Gasteiger partial charge in [0.1, 0.15) is 5.01 Å². The molecule has 1 aliphatic rings. The largest absolute Gasteiger partial charge is 0.352 e. The van der Waals surface area contributed by atoms with E-state index in [1.165, 1.54) is 11.3 Å². The van der Waals surface area contributed by atoms with E-state index >= 15 is 0 Å². The summed E-state index contributed by atoms with van der Waals surface area (Å²) in [6, 6.07) is 0.417. The lowest BCUT2D eigenvalue weighted by Gasteiger charge is -2.02. The first-order chi connectivity index (χ1) is 6.74. The average Bonchev–Trinajstić information content (AvgIpc) is 2.85. The van der Waals surface area contributed by atoms with Crippen molar-refractivity contribution in [3.05, 3.63) is 5.01 Å². The first-order valence-corrected chi connectivity index (χ1v) is 5.39. The van der Waals surface area contributed by atoms with E-state index in [0.717, 1.165) is 17.8 Å². The second kappa shape index (κ2) is 3.91. The second-order valence-corrected chi connectivity index (χ2v) is 4.50. The highest BCUT2D eigenvalue weighted by Crippen LogP contribution is 2.18. The third-order valence-corrected chi connectivity index (χ3v) is 2.67. The molecule has 14 heavy (non-hydrogen) atoms. The zero-order valence-corrected chi connectivity index (χ0v) is 8.73. The molecule has 1 aliphatic carbocycles. The van der Waals surface area contributed by atoms with Crippen molar-refractivity contribution in [2.75, 3.05) is 11.9 Å². The monoisotopic (exact) mass is 212 g/mol. The fraction of sp³-hybridized carbons (Fsp3) is 0.625. The van der Waals surface area contributed by atoms with Crippen molar-refractivity contribution in [1.82, 2.24) is 15.5 Å². The normalized spacial score (nSPS) is 15.2. The summed E-state index contributed by atoms with van der Waals surface area (Å²) in [4.78, 5) is 11.3. The van der Waals surface area contributed by atoms with Crippen LogP contribution in [0.1, 0.15) is 17.8 Å². The Morgan fingerprint density at radius 3 is 2.93 bits per heavy atom. The molecule has 0 aromatic carbocycles. The number of aryl methyl sites for hydroxylation is 1. The Morgan fingerprint density at radius 2 is 2.36 bits per heavy atom. The van der Waals surface area contributed by atoms with Crippen LogP contribution in [0.3, 0.4) is 0 Å². The fourth-order valence-electron chi connectivity index (χ4n) is 1.03. The number of hydrogen-bond acceptors (Lipinski definition) is 5. The molecule has 0 saturated heterocycles. The van der Waals surface area contributed by atoms with Crippen LogP contribution in [-0.2, 0) is 4.79 Å². The third kappa shape index (κ3) is 2.66. The number of amides is 1. The first kappa shape index (κ1) is 9.39. The molecule has 0 radical (unpaired) electrons. The maximum Gasteiger partial charge on any atom is 0.239 e. The van der Waals surface area contributed by atoms with Gasteiger partial charge in [0.15, 0.2) is 0 Å². The van der Waals surface area contributed by atoms with Gasteiger partial charge < -0.3 is 10.6 Å². The van der Waals surface area contributed by atoms with Crippen LogP contribution in [-0.4, -0.2) is 28.7 Å². The second-order valence-electron chi connectivity index (χ2n) is 3.32. The van der Waals surface area contributed by atoms with Gasteiger partial charge in [-0.25, -0.2) is 0 Å². The van der Waals surface area contributed by atoms with Crippen LogP contribution in [0.4, 0.5) is 5.13 Å². The number of hydrogen-bond donors (Lipinski definition) is 2. The number of carbonyl (C=O) groups is 1. The third-order valence-electron chi connectivity index (χ3n) is 1.87. The minimum atomic E-state index is 0.0281. The molecule has 1 amide bonds. The molecular weight excluding hydrogens is 200 g/mol. The van der Waals surface area contributed by atoms with E-state index in [0.29, 0.717) is 11.2 Å². The lowest BCUT2D eigenvalue weighted by Crippen LogP contribution is -2.31. The Kier molecular flexibility index (Phi) is 2.62. The molecule has 1 aromatic heterocycles. The molecule has 0 aliphatic heterocycles. The van der Waals surface area contributed by atoms with Gasteiger partial charge in [-0.05, 0) is 19.8 Å². The van der Waals surface area contributed by atoms with Crippen molar-refractivity contribution in [3.63, 3.8) is 0 Å². The Hall–Kier alpha value is -1.17. The topological polar surface area (TPSA) is 66.9 Å². The standard InChI is InChI=1S/C8H12N4OS/c1-5-11-12-8(14-5)9-4-7(13)10-6-2-3-6/h6H,2-4H2,1H3,(H,9,12)(H,10,13). The molecule has 6 heteroatoms. The molecule has 2 rings (SSSR count).